The van der Waals surface area contributed by atoms with Gasteiger partial charge in [0.25, 0.3) is 0 Å². The van der Waals surface area contributed by atoms with Crippen LogP contribution in [0.15, 0.2) is 42.6 Å². The van der Waals surface area contributed by atoms with Crippen molar-refractivity contribution in [2.75, 3.05) is 29.9 Å². The van der Waals surface area contributed by atoms with Gasteiger partial charge in [0.1, 0.15) is 11.9 Å². The van der Waals surface area contributed by atoms with E-state index in [1.807, 2.05) is 25.2 Å². The second-order valence-corrected chi connectivity index (χ2v) is 6.47. The van der Waals surface area contributed by atoms with E-state index in [2.05, 4.69) is 22.0 Å². The molecule has 2 aliphatic heterocycles. The van der Waals surface area contributed by atoms with Crippen LogP contribution < -0.4 is 9.80 Å². The second kappa shape index (κ2) is 5.34. The Bertz CT molecular complexity index is 856. The second-order valence-electron chi connectivity index (χ2n) is 6.47. The van der Waals surface area contributed by atoms with Crippen LogP contribution in [-0.4, -0.2) is 31.0 Å². The van der Waals surface area contributed by atoms with E-state index in [0.717, 1.165) is 30.6 Å². The summed E-state index contributed by atoms with van der Waals surface area (Å²) in [4.78, 5) is 21.4. The summed E-state index contributed by atoms with van der Waals surface area (Å²) >= 11 is 0. The number of piperidine rings is 1. The van der Waals surface area contributed by atoms with Gasteiger partial charge in [-0.05, 0) is 36.6 Å². The molecule has 5 heteroatoms. The Morgan fingerprint density at radius 3 is 2.92 bits per heavy atom. The number of hydrogen-bond acceptors (Lipinski definition) is 4. The molecule has 1 amide bonds. The van der Waals surface area contributed by atoms with Gasteiger partial charge in [-0.1, -0.05) is 18.2 Å². The first kappa shape index (κ1) is 14.7. The fraction of sp³-hybridized carbons (Fsp3) is 0.316. The van der Waals surface area contributed by atoms with Crippen LogP contribution in [0.3, 0.4) is 0 Å². The van der Waals surface area contributed by atoms with Gasteiger partial charge in [0.2, 0.25) is 5.91 Å². The van der Waals surface area contributed by atoms with E-state index in [4.69, 9.17) is 0 Å². The molecule has 0 N–H and O–H groups in total. The van der Waals surface area contributed by atoms with Crippen molar-refractivity contribution >= 4 is 17.4 Å². The molecule has 0 unspecified atom stereocenters. The van der Waals surface area contributed by atoms with Crippen LogP contribution >= 0.6 is 0 Å². The zero-order chi connectivity index (χ0) is 16.7. The maximum atomic E-state index is 13.1. The normalized spacial score (nSPS) is 22.6. The van der Waals surface area contributed by atoms with Crippen LogP contribution in [0.5, 0.6) is 0 Å². The first-order chi connectivity index (χ1) is 11.7. The highest BCUT2D eigenvalue weighted by Crippen LogP contribution is 2.46. The Morgan fingerprint density at radius 1 is 1.25 bits per heavy atom. The number of nitrogens with zero attached hydrogens (tertiary/aromatic N) is 4. The predicted octanol–water partition coefficient (Wildman–Crippen LogP) is 2.47. The zero-order valence-electron chi connectivity index (χ0n) is 13.6. The number of pyridine rings is 1. The number of fused-ring (bicyclic) bond motifs is 2. The van der Waals surface area contributed by atoms with Crippen molar-refractivity contribution in [1.82, 2.24) is 4.98 Å². The molecule has 0 saturated carbocycles. The maximum absolute atomic E-state index is 13.1. The first-order valence-electron chi connectivity index (χ1n) is 8.15. The van der Waals surface area contributed by atoms with E-state index in [0.29, 0.717) is 17.9 Å². The molecule has 120 valence electrons. The average molecular weight is 318 g/mol. The lowest BCUT2D eigenvalue weighted by Crippen LogP contribution is -2.52. The third-order valence-corrected chi connectivity index (χ3v) is 5.19. The summed E-state index contributed by atoms with van der Waals surface area (Å²) in [6, 6.07) is 13.8. The lowest BCUT2D eigenvalue weighted by atomic mass is 9.75. The highest BCUT2D eigenvalue weighted by Gasteiger charge is 2.51. The number of likely N-dealkylation sites (N-methyl/N-ethyl adjacent to an activating group) is 1. The predicted molar refractivity (Wildman–Crippen MR) is 91.9 cm³/mol. The summed E-state index contributed by atoms with van der Waals surface area (Å²) in [5, 5.41) is 9.37. The standard InChI is InChI=1S/C19H18N4O/c1-22-16-8-3-2-7-15(16)19(18(22)24)9-5-11-23(13-19)17-14(12-20)6-4-10-21-17/h2-4,6-8,10H,5,9,11,13H2,1H3/t19-/m0/s1. The molecule has 4 rings (SSSR count). The van der Waals surface area contributed by atoms with Crippen LogP contribution in [0.1, 0.15) is 24.0 Å². The third-order valence-electron chi connectivity index (χ3n) is 5.19. The zero-order valence-corrected chi connectivity index (χ0v) is 13.6. The monoisotopic (exact) mass is 318 g/mol. The fourth-order valence-corrected chi connectivity index (χ4v) is 4.08. The summed E-state index contributed by atoms with van der Waals surface area (Å²) in [5.41, 5.74) is 2.11. The molecule has 1 saturated heterocycles. The van der Waals surface area contributed by atoms with Crippen LogP contribution in [0.4, 0.5) is 11.5 Å². The molecule has 1 spiro atoms. The summed E-state index contributed by atoms with van der Waals surface area (Å²) < 4.78 is 0. The SMILES string of the molecule is CN1C(=O)[C@]2(CCCN(c3ncccc3C#N)C2)c2ccccc21. The van der Waals surface area contributed by atoms with Crippen LogP contribution in [0, 0.1) is 11.3 Å². The van der Waals surface area contributed by atoms with Gasteiger partial charge in [0.05, 0.1) is 11.0 Å². The Morgan fingerprint density at radius 2 is 2.08 bits per heavy atom. The minimum Gasteiger partial charge on any atom is -0.354 e. The third kappa shape index (κ3) is 1.93. The van der Waals surface area contributed by atoms with Crippen LogP contribution in [-0.2, 0) is 10.2 Å². The van der Waals surface area contributed by atoms with Crippen molar-refractivity contribution < 1.29 is 4.79 Å². The number of hydrogen-bond donors (Lipinski definition) is 0. The summed E-state index contributed by atoms with van der Waals surface area (Å²) in [6.07, 6.45) is 3.43. The molecule has 1 aromatic heterocycles. The number of nitriles is 1. The molecule has 1 fully saturated rings. The van der Waals surface area contributed by atoms with Crippen LogP contribution in [0.2, 0.25) is 0 Å². The Hall–Kier alpha value is -2.87. The Labute approximate surface area is 141 Å². The minimum atomic E-state index is -0.534. The maximum Gasteiger partial charge on any atom is 0.239 e. The topological polar surface area (TPSA) is 60.2 Å². The van der Waals surface area contributed by atoms with Crippen molar-refractivity contribution in [2.45, 2.75) is 18.3 Å². The molecule has 0 aliphatic carbocycles. The highest BCUT2D eigenvalue weighted by atomic mass is 16.2. The number of benzene rings is 1. The van der Waals surface area contributed by atoms with Gasteiger partial charge in [-0.2, -0.15) is 5.26 Å². The lowest BCUT2D eigenvalue weighted by molar-refractivity contribution is -0.123. The van der Waals surface area contributed by atoms with E-state index in [-0.39, 0.29) is 5.91 Å². The van der Waals surface area contributed by atoms with Gasteiger partial charge < -0.3 is 9.80 Å². The van der Waals surface area contributed by atoms with Crippen molar-refractivity contribution in [3.8, 4) is 6.07 Å². The summed E-state index contributed by atoms with van der Waals surface area (Å²) in [5.74, 6) is 0.821. The number of carbonyl (C=O) groups excluding carboxylic acids is 1. The van der Waals surface area contributed by atoms with Gasteiger partial charge in [-0.3, -0.25) is 4.79 Å². The fourth-order valence-electron chi connectivity index (χ4n) is 4.08. The average Bonchev–Trinajstić information content (AvgIpc) is 2.84. The van der Waals surface area contributed by atoms with Crippen LogP contribution in [0.25, 0.3) is 0 Å². The first-order valence-corrected chi connectivity index (χ1v) is 8.15. The van der Waals surface area contributed by atoms with E-state index in [1.54, 1.807) is 23.2 Å². The van der Waals surface area contributed by atoms with E-state index < -0.39 is 5.41 Å². The molecule has 2 aliphatic rings. The minimum absolute atomic E-state index is 0.142. The molecule has 1 atom stereocenters. The molecule has 24 heavy (non-hydrogen) atoms. The Balaban J connectivity index is 1.78. The number of anilines is 2. The number of aromatic nitrogens is 1. The molecule has 3 heterocycles. The number of carbonyl (C=O) groups is 1. The van der Waals surface area contributed by atoms with Gasteiger partial charge >= 0.3 is 0 Å². The molecule has 0 radical (unpaired) electrons. The quantitative estimate of drug-likeness (QED) is 0.810. The number of amides is 1. The largest absolute Gasteiger partial charge is 0.354 e. The lowest BCUT2D eigenvalue weighted by Gasteiger charge is -2.40. The Kier molecular flexibility index (Phi) is 3.27. The van der Waals surface area contributed by atoms with Crippen molar-refractivity contribution in [3.05, 3.63) is 53.7 Å². The smallest absolute Gasteiger partial charge is 0.239 e. The van der Waals surface area contributed by atoms with E-state index in [9.17, 15) is 10.1 Å². The van der Waals surface area contributed by atoms with E-state index in [1.165, 1.54) is 0 Å². The van der Waals surface area contributed by atoms with Gasteiger partial charge in [-0.25, -0.2) is 4.98 Å². The summed E-state index contributed by atoms with van der Waals surface area (Å²) in [6.45, 7) is 1.38. The summed E-state index contributed by atoms with van der Waals surface area (Å²) in [7, 11) is 1.84. The van der Waals surface area contributed by atoms with Gasteiger partial charge in [0.15, 0.2) is 0 Å². The van der Waals surface area contributed by atoms with Crippen molar-refractivity contribution in [1.29, 1.82) is 5.26 Å². The number of para-hydroxylation sites is 1. The molecule has 0 bridgehead atoms. The molecule has 5 nitrogen and oxygen atoms in total. The van der Waals surface area contributed by atoms with Crippen molar-refractivity contribution in [3.63, 3.8) is 0 Å². The number of rotatable bonds is 1. The highest BCUT2D eigenvalue weighted by molar-refractivity contribution is 6.08. The van der Waals surface area contributed by atoms with E-state index >= 15 is 0 Å². The van der Waals surface area contributed by atoms with Gasteiger partial charge in [-0.15, -0.1) is 0 Å². The van der Waals surface area contributed by atoms with Crippen molar-refractivity contribution in [2.24, 2.45) is 0 Å². The molecular formula is C19H18N4O. The molecular weight excluding hydrogens is 300 g/mol. The van der Waals surface area contributed by atoms with Gasteiger partial charge in [0, 0.05) is 32.0 Å². The molecule has 2 aromatic rings. The molecule has 1 aromatic carbocycles.